The first-order valence-electron chi connectivity index (χ1n) is 5.94. The minimum atomic E-state index is 0.0750. The van der Waals surface area contributed by atoms with Gasteiger partial charge in [0.2, 0.25) is 11.8 Å². The van der Waals surface area contributed by atoms with Crippen molar-refractivity contribution in [2.75, 3.05) is 11.4 Å². The Bertz CT molecular complexity index is 408. The van der Waals surface area contributed by atoms with Gasteiger partial charge in [0.1, 0.15) is 0 Å². The number of anilines is 1. The summed E-state index contributed by atoms with van der Waals surface area (Å²) >= 11 is 0. The highest BCUT2D eigenvalue weighted by atomic mass is 16.4. The molecule has 0 atom stereocenters. The van der Waals surface area contributed by atoms with Gasteiger partial charge in [-0.25, -0.2) is 0 Å². The van der Waals surface area contributed by atoms with E-state index in [2.05, 4.69) is 16.8 Å². The van der Waals surface area contributed by atoms with Gasteiger partial charge in [-0.1, -0.05) is 24.0 Å². The molecule has 1 amide bonds. The lowest BCUT2D eigenvalue weighted by atomic mass is 10.1. The van der Waals surface area contributed by atoms with E-state index in [1.165, 1.54) is 4.90 Å². The molecule has 0 radical (unpaired) electrons. The minimum absolute atomic E-state index is 0.0750. The zero-order chi connectivity index (χ0) is 12.3. The predicted octanol–water partition coefficient (Wildman–Crippen LogP) is 2.09. The first-order chi connectivity index (χ1) is 8.22. The van der Waals surface area contributed by atoms with Crippen LogP contribution in [0.4, 0.5) is 6.01 Å². The van der Waals surface area contributed by atoms with Crippen LogP contribution in [-0.2, 0) is 4.79 Å². The molecule has 5 nitrogen and oxygen atoms in total. The van der Waals surface area contributed by atoms with Gasteiger partial charge in [0.05, 0.1) is 0 Å². The first kappa shape index (κ1) is 11.8. The molecule has 1 fully saturated rings. The summed E-state index contributed by atoms with van der Waals surface area (Å²) in [5, 5.41) is 7.65. The van der Waals surface area contributed by atoms with E-state index < -0.39 is 0 Å². The third-order valence-corrected chi connectivity index (χ3v) is 3.03. The summed E-state index contributed by atoms with van der Waals surface area (Å²) in [5.74, 6) is 0.640. The number of hydrogen-bond acceptors (Lipinski definition) is 4. The van der Waals surface area contributed by atoms with E-state index in [0.717, 1.165) is 25.7 Å². The number of carbonyl (C=O) groups excluding carboxylic acids is 1. The van der Waals surface area contributed by atoms with Crippen molar-refractivity contribution in [3.63, 3.8) is 0 Å². The fourth-order valence-electron chi connectivity index (χ4n) is 2.18. The lowest BCUT2D eigenvalue weighted by Gasteiger charge is -2.19. The molecule has 1 aromatic heterocycles. The van der Waals surface area contributed by atoms with Crippen molar-refractivity contribution >= 4 is 11.9 Å². The normalized spacial score (nSPS) is 16.1. The van der Waals surface area contributed by atoms with Crippen LogP contribution >= 0.6 is 0 Å². The smallest absolute Gasteiger partial charge is 0.325 e. The monoisotopic (exact) mass is 235 g/mol. The van der Waals surface area contributed by atoms with Crippen molar-refractivity contribution in [1.29, 1.82) is 0 Å². The Kier molecular flexibility index (Phi) is 3.56. The Hall–Kier alpha value is -1.65. The van der Waals surface area contributed by atoms with Crippen LogP contribution in [0, 0.1) is 12.8 Å². The quantitative estimate of drug-likeness (QED) is 0.750. The minimum Gasteiger partial charge on any atom is -0.408 e. The van der Waals surface area contributed by atoms with Crippen LogP contribution in [0.15, 0.2) is 17.1 Å². The molecule has 92 valence electrons. The van der Waals surface area contributed by atoms with Crippen LogP contribution in [0.25, 0.3) is 0 Å². The SMILES string of the molecule is C=CCN(C(=O)C1CCCC1)c1nnc(C)o1. The average molecular weight is 235 g/mol. The zero-order valence-electron chi connectivity index (χ0n) is 10.1. The van der Waals surface area contributed by atoms with Crippen LogP contribution in [0.1, 0.15) is 31.6 Å². The Morgan fingerprint density at radius 2 is 2.24 bits per heavy atom. The lowest BCUT2D eigenvalue weighted by molar-refractivity contribution is -0.122. The van der Waals surface area contributed by atoms with E-state index in [-0.39, 0.29) is 17.8 Å². The Labute approximate surface area is 101 Å². The molecular formula is C12H17N3O2. The standard InChI is InChI=1S/C12H17N3O2/c1-3-8-15(12-14-13-9(2)17-12)11(16)10-6-4-5-7-10/h3,10H,1,4-8H2,2H3. The number of hydrogen-bond donors (Lipinski definition) is 0. The van der Waals surface area contributed by atoms with Gasteiger partial charge in [-0.15, -0.1) is 11.7 Å². The molecule has 0 spiro atoms. The molecule has 2 rings (SSSR count). The summed E-state index contributed by atoms with van der Waals surface area (Å²) in [6, 6.07) is 0.277. The third-order valence-electron chi connectivity index (χ3n) is 3.03. The summed E-state index contributed by atoms with van der Waals surface area (Å²) < 4.78 is 5.31. The second kappa shape index (κ2) is 5.12. The molecule has 1 aliphatic carbocycles. The number of amides is 1. The number of carbonyl (C=O) groups is 1. The number of rotatable bonds is 4. The van der Waals surface area contributed by atoms with E-state index in [1.807, 2.05) is 0 Å². The number of aryl methyl sites for hydroxylation is 1. The topological polar surface area (TPSA) is 59.2 Å². The van der Waals surface area contributed by atoms with Crippen molar-refractivity contribution in [2.24, 2.45) is 5.92 Å². The highest BCUT2D eigenvalue weighted by Crippen LogP contribution is 2.28. The largest absolute Gasteiger partial charge is 0.408 e. The maximum Gasteiger partial charge on any atom is 0.325 e. The average Bonchev–Trinajstić information content (AvgIpc) is 2.95. The van der Waals surface area contributed by atoms with Crippen LogP contribution in [-0.4, -0.2) is 22.6 Å². The van der Waals surface area contributed by atoms with Crippen molar-refractivity contribution in [2.45, 2.75) is 32.6 Å². The Balaban J connectivity index is 2.16. The van der Waals surface area contributed by atoms with Crippen molar-refractivity contribution in [3.05, 3.63) is 18.5 Å². The van der Waals surface area contributed by atoms with Crippen LogP contribution in [0.2, 0.25) is 0 Å². The molecule has 1 aliphatic rings. The zero-order valence-corrected chi connectivity index (χ0v) is 10.1. The lowest BCUT2D eigenvalue weighted by Crippen LogP contribution is -2.35. The molecular weight excluding hydrogens is 218 g/mol. The summed E-state index contributed by atoms with van der Waals surface area (Å²) in [7, 11) is 0. The van der Waals surface area contributed by atoms with E-state index in [9.17, 15) is 4.79 Å². The van der Waals surface area contributed by atoms with E-state index in [4.69, 9.17) is 4.42 Å². The Morgan fingerprint density at radius 3 is 2.76 bits per heavy atom. The van der Waals surface area contributed by atoms with E-state index in [0.29, 0.717) is 12.4 Å². The molecule has 0 aliphatic heterocycles. The summed E-state index contributed by atoms with van der Waals surface area (Å²) in [6.07, 6.45) is 5.84. The number of nitrogens with zero attached hydrogens (tertiary/aromatic N) is 3. The van der Waals surface area contributed by atoms with Crippen molar-refractivity contribution in [3.8, 4) is 0 Å². The fourth-order valence-corrected chi connectivity index (χ4v) is 2.18. The van der Waals surface area contributed by atoms with Crippen molar-refractivity contribution < 1.29 is 9.21 Å². The maximum absolute atomic E-state index is 12.3. The van der Waals surface area contributed by atoms with Gasteiger partial charge in [0.25, 0.3) is 0 Å². The van der Waals surface area contributed by atoms with E-state index >= 15 is 0 Å². The van der Waals surface area contributed by atoms with E-state index in [1.54, 1.807) is 13.0 Å². The van der Waals surface area contributed by atoms with Crippen molar-refractivity contribution in [1.82, 2.24) is 10.2 Å². The molecule has 1 saturated carbocycles. The molecule has 1 heterocycles. The molecule has 0 saturated heterocycles. The Morgan fingerprint density at radius 1 is 1.53 bits per heavy atom. The van der Waals surface area contributed by atoms with Crippen LogP contribution < -0.4 is 4.90 Å². The van der Waals surface area contributed by atoms with Gasteiger partial charge < -0.3 is 4.42 Å². The van der Waals surface area contributed by atoms with Crippen LogP contribution in [0.3, 0.4) is 0 Å². The van der Waals surface area contributed by atoms with Gasteiger partial charge in [0, 0.05) is 19.4 Å². The molecule has 0 unspecified atom stereocenters. The highest BCUT2D eigenvalue weighted by molar-refractivity contribution is 5.93. The van der Waals surface area contributed by atoms with Gasteiger partial charge >= 0.3 is 6.01 Å². The molecule has 0 aromatic carbocycles. The second-order valence-corrected chi connectivity index (χ2v) is 4.32. The fraction of sp³-hybridized carbons (Fsp3) is 0.583. The highest BCUT2D eigenvalue weighted by Gasteiger charge is 2.29. The maximum atomic E-state index is 12.3. The molecule has 1 aromatic rings. The molecule has 0 bridgehead atoms. The van der Waals surface area contributed by atoms with Gasteiger partial charge in [-0.05, 0) is 12.8 Å². The summed E-state index contributed by atoms with van der Waals surface area (Å²) in [5.41, 5.74) is 0. The molecule has 17 heavy (non-hydrogen) atoms. The summed E-state index contributed by atoms with van der Waals surface area (Å²) in [4.78, 5) is 13.8. The second-order valence-electron chi connectivity index (χ2n) is 4.32. The molecule has 5 heteroatoms. The van der Waals surface area contributed by atoms with Gasteiger partial charge in [-0.3, -0.25) is 9.69 Å². The third kappa shape index (κ3) is 2.54. The van der Waals surface area contributed by atoms with Gasteiger partial charge in [0.15, 0.2) is 0 Å². The predicted molar refractivity (Wildman–Crippen MR) is 63.5 cm³/mol. The molecule has 0 N–H and O–H groups in total. The van der Waals surface area contributed by atoms with Crippen LogP contribution in [0.5, 0.6) is 0 Å². The van der Waals surface area contributed by atoms with Gasteiger partial charge in [-0.2, -0.15) is 0 Å². The number of aromatic nitrogens is 2. The summed E-state index contributed by atoms with van der Waals surface area (Å²) in [6.45, 7) is 5.78. The first-order valence-corrected chi connectivity index (χ1v) is 5.94.